The molecule has 1 aliphatic rings. The maximum Gasteiger partial charge on any atom is 0.338 e. The molecule has 0 N–H and O–H groups in total. The van der Waals surface area contributed by atoms with Crippen LogP contribution in [0.1, 0.15) is 15.2 Å². The lowest BCUT2D eigenvalue weighted by Gasteiger charge is -2.22. The van der Waals surface area contributed by atoms with Gasteiger partial charge in [-0.05, 0) is 24.3 Å². The van der Waals surface area contributed by atoms with Gasteiger partial charge in [-0.3, -0.25) is 4.79 Å². The van der Waals surface area contributed by atoms with Crippen LogP contribution < -0.4 is 14.2 Å². The third-order valence-corrected chi connectivity index (χ3v) is 5.28. The van der Waals surface area contributed by atoms with Gasteiger partial charge < -0.3 is 23.8 Å². The quantitative estimate of drug-likeness (QED) is 0.464. The molecule has 1 aliphatic heterocycles. The topological polar surface area (TPSA) is 74.3 Å². The fourth-order valence-corrected chi connectivity index (χ4v) is 3.83. The molecule has 154 valence electrons. The summed E-state index contributed by atoms with van der Waals surface area (Å²) in [4.78, 5) is 27.5. The number of halogens is 1. The molecule has 0 radical (unpaired) electrons. The van der Waals surface area contributed by atoms with E-state index in [-0.39, 0.29) is 11.5 Å². The van der Waals surface area contributed by atoms with E-state index in [9.17, 15) is 9.59 Å². The van der Waals surface area contributed by atoms with Crippen molar-refractivity contribution < 1.29 is 28.5 Å². The minimum atomic E-state index is -0.661. The van der Waals surface area contributed by atoms with E-state index >= 15 is 0 Å². The first-order chi connectivity index (χ1) is 14.0. The van der Waals surface area contributed by atoms with Gasteiger partial charge in [-0.1, -0.05) is 17.7 Å². The lowest BCUT2D eigenvalue weighted by Crippen LogP contribution is -2.34. The highest BCUT2D eigenvalue weighted by Gasteiger charge is 2.23. The highest BCUT2D eigenvalue weighted by atomic mass is 35.5. The molecule has 0 unspecified atom stereocenters. The molecule has 1 amide bonds. The number of methoxy groups -OCH3 is 1. The molecule has 3 rings (SSSR count). The van der Waals surface area contributed by atoms with Gasteiger partial charge in [-0.2, -0.15) is 0 Å². The zero-order valence-electron chi connectivity index (χ0n) is 15.8. The average molecular weight is 438 g/mol. The number of hydrogen-bond acceptors (Lipinski definition) is 7. The van der Waals surface area contributed by atoms with Crippen LogP contribution >= 0.6 is 22.9 Å². The second-order valence-corrected chi connectivity index (χ2v) is 7.85. The maximum absolute atomic E-state index is 12.5. The number of carbonyl (C=O) groups is 2. The second kappa shape index (κ2) is 9.67. The van der Waals surface area contributed by atoms with Crippen LogP contribution in [0.15, 0.2) is 36.9 Å². The number of ether oxygens (including phenoxy) is 4. The van der Waals surface area contributed by atoms with Crippen molar-refractivity contribution in [2.45, 2.75) is 6.54 Å². The molecule has 1 aromatic heterocycles. The van der Waals surface area contributed by atoms with Crippen molar-refractivity contribution in [1.29, 1.82) is 0 Å². The summed E-state index contributed by atoms with van der Waals surface area (Å²) in [5.41, 5.74) is 0.208. The number of amides is 1. The van der Waals surface area contributed by atoms with Crippen LogP contribution in [0.25, 0.3) is 0 Å². The van der Waals surface area contributed by atoms with Crippen molar-refractivity contribution in [1.82, 2.24) is 4.90 Å². The van der Waals surface area contributed by atoms with E-state index in [2.05, 4.69) is 6.58 Å². The Bertz CT molecular complexity index is 895. The fraction of sp³-hybridized carbons (Fsp3) is 0.300. The first-order valence-corrected chi connectivity index (χ1v) is 9.99. The van der Waals surface area contributed by atoms with Gasteiger partial charge in [0.05, 0.1) is 23.6 Å². The molecule has 2 heterocycles. The van der Waals surface area contributed by atoms with Gasteiger partial charge in [0.2, 0.25) is 5.75 Å². The predicted octanol–water partition coefficient (Wildman–Crippen LogP) is 3.55. The minimum absolute atomic E-state index is 0.208. The van der Waals surface area contributed by atoms with Crippen molar-refractivity contribution in [3.05, 3.63) is 51.7 Å². The third-order valence-electron chi connectivity index (χ3n) is 4.07. The number of rotatable bonds is 8. The molecule has 9 heteroatoms. The smallest absolute Gasteiger partial charge is 0.338 e. The van der Waals surface area contributed by atoms with Crippen LogP contribution in [0, 0.1) is 0 Å². The Morgan fingerprint density at radius 2 is 2.10 bits per heavy atom. The first-order valence-electron chi connectivity index (χ1n) is 8.79. The summed E-state index contributed by atoms with van der Waals surface area (Å²) in [6, 6.07) is 6.63. The van der Waals surface area contributed by atoms with E-state index in [4.69, 9.17) is 30.5 Å². The molecule has 29 heavy (non-hydrogen) atoms. The van der Waals surface area contributed by atoms with Gasteiger partial charge >= 0.3 is 5.97 Å². The van der Waals surface area contributed by atoms with Gasteiger partial charge in [-0.15, -0.1) is 17.9 Å². The molecule has 0 aliphatic carbocycles. The summed E-state index contributed by atoms with van der Waals surface area (Å²) in [6.45, 7) is 4.72. The van der Waals surface area contributed by atoms with Gasteiger partial charge in [0, 0.05) is 11.4 Å². The monoisotopic (exact) mass is 437 g/mol. The molecule has 0 saturated heterocycles. The number of carbonyl (C=O) groups excluding carboxylic acids is 2. The molecule has 0 fully saturated rings. The first kappa shape index (κ1) is 21.0. The van der Waals surface area contributed by atoms with E-state index in [1.807, 2.05) is 6.07 Å². The van der Waals surface area contributed by atoms with E-state index in [0.29, 0.717) is 47.9 Å². The van der Waals surface area contributed by atoms with E-state index in [0.717, 1.165) is 4.88 Å². The molecule has 0 saturated carbocycles. The van der Waals surface area contributed by atoms with E-state index in [1.54, 1.807) is 12.1 Å². The largest absolute Gasteiger partial charge is 0.493 e. The average Bonchev–Trinajstić information content (AvgIpc) is 3.15. The summed E-state index contributed by atoms with van der Waals surface area (Å²) < 4.78 is 22.1. The van der Waals surface area contributed by atoms with E-state index in [1.165, 1.54) is 35.5 Å². The Hall–Kier alpha value is -2.71. The standard InChI is InChI=1S/C20H20ClNO6S/c1-3-6-22(11-14-4-5-17(21)29-14)18(23)12-28-20(24)13-9-15(25-2)19-16(10-13)26-7-8-27-19/h3-5,9-10H,1,6-8,11-12H2,2H3. The number of esters is 1. The Kier molecular flexibility index (Phi) is 7.00. The van der Waals surface area contributed by atoms with Gasteiger partial charge in [0.25, 0.3) is 5.91 Å². The van der Waals surface area contributed by atoms with Crippen molar-refractivity contribution >= 4 is 34.8 Å². The van der Waals surface area contributed by atoms with E-state index < -0.39 is 12.6 Å². The number of fused-ring (bicyclic) bond motifs is 1. The molecular weight excluding hydrogens is 418 g/mol. The van der Waals surface area contributed by atoms with Crippen molar-refractivity contribution in [3.8, 4) is 17.2 Å². The summed E-state index contributed by atoms with van der Waals surface area (Å²) in [7, 11) is 1.47. The molecule has 7 nitrogen and oxygen atoms in total. The lowest BCUT2D eigenvalue weighted by atomic mass is 10.1. The van der Waals surface area contributed by atoms with Gasteiger partial charge in [0.15, 0.2) is 18.1 Å². The number of nitrogens with zero attached hydrogens (tertiary/aromatic N) is 1. The minimum Gasteiger partial charge on any atom is -0.493 e. The summed E-state index contributed by atoms with van der Waals surface area (Å²) >= 11 is 7.33. The Balaban J connectivity index is 1.65. The summed E-state index contributed by atoms with van der Waals surface area (Å²) in [6.07, 6.45) is 1.61. The highest BCUT2D eigenvalue weighted by Crippen LogP contribution is 2.40. The Morgan fingerprint density at radius 3 is 2.79 bits per heavy atom. The summed E-state index contributed by atoms with van der Waals surface area (Å²) in [5.74, 6) is 0.205. The Labute approximate surface area is 177 Å². The molecule has 0 bridgehead atoms. The Morgan fingerprint density at radius 1 is 1.31 bits per heavy atom. The van der Waals surface area contributed by atoms with Gasteiger partial charge in [0.1, 0.15) is 13.2 Å². The van der Waals surface area contributed by atoms with Crippen molar-refractivity contribution in [2.24, 2.45) is 0 Å². The molecule has 1 aromatic carbocycles. The van der Waals surface area contributed by atoms with Crippen LogP contribution in [-0.4, -0.2) is 50.3 Å². The molecule has 0 atom stereocenters. The van der Waals surface area contributed by atoms with Crippen molar-refractivity contribution in [2.75, 3.05) is 33.5 Å². The normalized spacial score (nSPS) is 12.2. The molecule has 0 spiro atoms. The SMILES string of the molecule is C=CCN(Cc1ccc(Cl)s1)C(=O)COC(=O)c1cc(OC)c2c(c1)OCCO2. The number of hydrogen-bond donors (Lipinski definition) is 0. The van der Waals surface area contributed by atoms with Crippen LogP contribution in [0.2, 0.25) is 4.34 Å². The zero-order valence-corrected chi connectivity index (χ0v) is 17.4. The van der Waals surface area contributed by atoms with Crippen LogP contribution in [0.5, 0.6) is 17.2 Å². The highest BCUT2D eigenvalue weighted by molar-refractivity contribution is 7.16. The number of thiophene rings is 1. The van der Waals surface area contributed by atoms with Crippen LogP contribution in [0.3, 0.4) is 0 Å². The third kappa shape index (κ3) is 5.21. The predicted molar refractivity (Wildman–Crippen MR) is 109 cm³/mol. The molecular formula is C20H20ClNO6S. The van der Waals surface area contributed by atoms with Crippen LogP contribution in [0.4, 0.5) is 0 Å². The molecule has 2 aromatic rings. The van der Waals surface area contributed by atoms with Crippen LogP contribution in [-0.2, 0) is 16.1 Å². The fourth-order valence-electron chi connectivity index (χ4n) is 2.73. The lowest BCUT2D eigenvalue weighted by molar-refractivity contribution is -0.134. The maximum atomic E-state index is 12.5. The zero-order chi connectivity index (χ0) is 20.8. The van der Waals surface area contributed by atoms with Crippen molar-refractivity contribution in [3.63, 3.8) is 0 Å². The number of benzene rings is 1. The summed E-state index contributed by atoms with van der Waals surface area (Å²) in [5, 5.41) is 0. The second-order valence-electron chi connectivity index (χ2n) is 6.05. The van der Waals surface area contributed by atoms with Gasteiger partial charge in [-0.25, -0.2) is 4.79 Å².